The molecule has 78 valence electrons. The second-order valence-corrected chi connectivity index (χ2v) is 9.89. The van der Waals surface area contributed by atoms with E-state index in [9.17, 15) is 9.90 Å². The van der Waals surface area contributed by atoms with Gasteiger partial charge in [0.25, 0.3) is 0 Å². The Labute approximate surface area is 80.8 Å². The fraction of sp³-hybridized carbons (Fsp3) is 0.889. The molecule has 2 N–H and O–H groups in total. The Morgan fingerprint density at radius 2 is 1.85 bits per heavy atom. The minimum atomic E-state index is -2.10. The first-order valence-electron chi connectivity index (χ1n) is 4.63. The molecule has 0 saturated heterocycles. The van der Waals surface area contributed by atoms with E-state index in [0.29, 0.717) is 6.42 Å². The number of aliphatic carboxylic acids is 1. The molecule has 0 aromatic rings. The third kappa shape index (κ3) is 2.11. The maximum atomic E-state index is 11.1. The molecule has 0 aromatic heterocycles. The Balaban J connectivity index is 5.08. The summed E-state index contributed by atoms with van der Waals surface area (Å²) in [6.45, 7) is 9.35. The number of carboxylic acid groups (broad SMARTS) is 1. The standard InChI is InChI=1S/C9H20O3Si/c1-6-7(2)9(12,8(10)11)13(3,4)5/h7,12H,6H2,1-5H3,(H,10,11). The van der Waals surface area contributed by atoms with Crippen LogP contribution in [0.4, 0.5) is 0 Å². The van der Waals surface area contributed by atoms with Gasteiger partial charge in [-0.1, -0.05) is 39.9 Å². The monoisotopic (exact) mass is 204 g/mol. The summed E-state index contributed by atoms with van der Waals surface area (Å²) >= 11 is 0. The van der Waals surface area contributed by atoms with Gasteiger partial charge in [-0.2, -0.15) is 0 Å². The molecule has 0 aliphatic carbocycles. The molecule has 0 saturated carbocycles. The Hall–Kier alpha value is -0.353. The molecular formula is C9H20O3Si. The van der Waals surface area contributed by atoms with Gasteiger partial charge < -0.3 is 10.2 Å². The molecule has 2 atom stereocenters. The molecule has 0 heterocycles. The van der Waals surface area contributed by atoms with Crippen LogP contribution in [0, 0.1) is 5.92 Å². The van der Waals surface area contributed by atoms with Crippen molar-refractivity contribution in [3.63, 3.8) is 0 Å². The molecule has 0 amide bonds. The fourth-order valence-corrected chi connectivity index (χ4v) is 3.89. The topological polar surface area (TPSA) is 57.5 Å². The quantitative estimate of drug-likeness (QED) is 0.686. The molecule has 0 aromatic carbocycles. The summed E-state index contributed by atoms with van der Waals surface area (Å²) in [5.74, 6) is -1.25. The molecule has 0 fully saturated rings. The number of aliphatic hydroxyl groups is 1. The predicted octanol–water partition coefficient (Wildman–Crippen LogP) is 1.73. The molecule has 4 heteroatoms. The lowest BCUT2D eigenvalue weighted by Gasteiger charge is -2.39. The van der Waals surface area contributed by atoms with E-state index in [0.717, 1.165) is 0 Å². The van der Waals surface area contributed by atoms with Gasteiger partial charge in [-0.3, -0.25) is 0 Å². The van der Waals surface area contributed by atoms with Gasteiger partial charge in [-0.15, -0.1) is 0 Å². The number of rotatable bonds is 4. The number of carboxylic acids is 1. The molecule has 0 radical (unpaired) electrons. The van der Waals surface area contributed by atoms with Crippen molar-refractivity contribution in [2.24, 2.45) is 5.92 Å². The Morgan fingerprint density at radius 1 is 1.46 bits per heavy atom. The van der Waals surface area contributed by atoms with Crippen LogP contribution in [-0.4, -0.2) is 29.5 Å². The summed E-state index contributed by atoms with van der Waals surface area (Å²) < 4.78 is 0. The molecule has 0 aliphatic rings. The van der Waals surface area contributed by atoms with Crippen LogP contribution in [0.1, 0.15) is 20.3 Å². The van der Waals surface area contributed by atoms with Crippen molar-refractivity contribution < 1.29 is 15.0 Å². The number of hydrogen-bond acceptors (Lipinski definition) is 2. The minimum absolute atomic E-state index is 0.184. The van der Waals surface area contributed by atoms with Crippen molar-refractivity contribution in [1.82, 2.24) is 0 Å². The van der Waals surface area contributed by atoms with Crippen molar-refractivity contribution >= 4 is 14.0 Å². The highest BCUT2D eigenvalue weighted by Gasteiger charge is 2.51. The lowest BCUT2D eigenvalue weighted by atomic mass is 10.0. The molecule has 0 aliphatic heterocycles. The minimum Gasteiger partial charge on any atom is -0.479 e. The first kappa shape index (κ1) is 12.6. The third-order valence-electron chi connectivity index (χ3n) is 2.80. The zero-order chi connectivity index (χ0) is 10.9. The second kappa shape index (κ2) is 3.80. The number of hydrogen-bond donors (Lipinski definition) is 2. The van der Waals surface area contributed by atoms with Crippen LogP contribution in [0.5, 0.6) is 0 Å². The van der Waals surface area contributed by atoms with E-state index < -0.39 is 19.3 Å². The summed E-state index contributed by atoms with van der Waals surface area (Å²) in [6, 6.07) is 0. The summed E-state index contributed by atoms with van der Waals surface area (Å²) in [4.78, 5) is 11.1. The Morgan fingerprint density at radius 3 is 1.92 bits per heavy atom. The summed E-state index contributed by atoms with van der Waals surface area (Å²) in [5, 5.41) is 17.7. The van der Waals surface area contributed by atoms with E-state index in [1.807, 2.05) is 26.6 Å². The highest BCUT2D eigenvalue weighted by molar-refractivity contribution is 6.82. The van der Waals surface area contributed by atoms with E-state index in [4.69, 9.17) is 5.11 Å². The van der Waals surface area contributed by atoms with Crippen LogP contribution < -0.4 is 0 Å². The van der Waals surface area contributed by atoms with Crippen LogP contribution in [0.3, 0.4) is 0 Å². The van der Waals surface area contributed by atoms with Crippen LogP contribution in [-0.2, 0) is 4.79 Å². The summed E-state index contributed by atoms with van der Waals surface area (Å²) in [5.41, 5.74) is 0. The Bertz CT molecular complexity index is 198. The van der Waals surface area contributed by atoms with Gasteiger partial charge in [0.1, 0.15) is 0 Å². The van der Waals surface area contributed by atoms with Gasteiger partial charge >= 0.3 is 5.97 Å². The van der Waals surface area contributed by atoms with E-state index in [1.54, 1.807) is 6.92 Å². The molecule has 0 rings (SSSR count). The smallest absolute Gasteiger partial charge is 0.332 e. The van der Waals surface area contributed by atoms with Gasteiger partial charge in [0.15, 0.2) is 5.22 Å². The zero-order valence-corrected chi connectivity index (χ0v) is 10.1. The summed E-state index contributed by atoms with van der Waals surface area (Å²) in [6.07, 6.45) is 0.688. The van der Waals surface area contributed by atoms with Gasteiger partial charge in [0, 0.05) is 0 Å². The second-order valence-electron chi connectivity index (χ2n) is 4.63. The van der Waals surface area contributed by atoms with Gasteiger partial charge in [0.2, 0.25) is 0 Å². The van der Waals surface area contributed by atoms with Crippen LogP contribution in [0.25, 0.3) is 0 Å². The van der Waals surface area contributed by atoms with E-state index in [2.05, 4.69) is 0 Å². The van der Waals surface area contributed by atoms with E-state index >= 15 is 0 Å². The first-order valence-corrected chi connectivity index (χ1v) is 8.13. The molecule has 2 unspecified atom stereocenters. The van der Waals surface area contributed by atoms with Crippen molar-refractivity contribution in [3.8, 4) is 0 Å². The largest absolute Gasteiger partial charge is 0.479 e. The van der Waals surface area contributed by atoms with E-state index in [1.165, 1.54) is 0 Å². The average molecular weight is 204 g/mol. The molecule has 13 heavy (non-hydrogen) atoms. The lowest BCUT2D eigenvalue weighted by Crippen LogP contribution is -2.61. The van der Waals surface area contributed by atoms with Crippen LogP contribution >= 0.6 is 0 Å². The van der Waals surface area contributed by atoms with Gasteiger partial charge in [-0.25, -0.2) is 4.79 Å². The highest BCUT2D eigenvalue weighted by Crippen LogP contribution is 2.30. The average Bonchev–Trinajstić information content (AvgIpc) is 1.98. The molecule has 0 spiro atoms. The highest BCUT2D eigenvalue weighted by atomic mass is 28.3. The third-order valence-corrected chi connectivity index (χ3v) is 5.79. The van der Waals surface area contributed by atoms with E-state index in [-0.39, 0.29) is 5.92 Å². The number of carbonyl (C=O) groups is 1. The van der Waals surface area contributed by atoms with Gasteiger partial charge in [-0.05, 0) is 5.92 Å². The van der Waals surface area contributed by atoms with Crippen LogP contribution in [0.2, 0.25) is 19.6 Å². The van der Waals surface area contributed by atoms with Crippen LogP contribution in [0.15, 0.2) is 0 Å². The van der Waals surface area contributed by atoms with Crippen molar-refractivity contribution in [3.05, 3.63) is 0 Å². The predicted molar refractivity (Wildman–Crippen MR) is 55.4 cm³/mol. The lowest BCUT2D eigenvalue weighted by molar-refractivity contribution is -0.155. The SMILES string of the molecule is CCC(C)C(O)(C(=O)O)[Si](C)(C)C. The van der Waals surface area contributed by atoms with Crippen molar-refractivity contribution in [1.29, 1.82) is 0 Å². The Kier molecular flexibility index (Phi) is 3.69. The molecule has 0 bridgehead atoms. The zero-order valence-electron chi connectivity index (χ0n) is 9.09. The fourth-order valence-electron chi connectivity index (χ4n) is 1.57. The first-order chi connectivity index (χ1) is 5.67. The molecule has 3 nitrogen and oxygen atoms in total. The van der Waals surface area contributed by atoms with Crippen molar-refractivity contribution in [2.75, 3.05) is 0 Å². The van der Waals surface area contributed by atoms with Gasteiger partial charge in [0.05, 0.1) is 8.07 Å². The molecular weight excluding hydrogens is 184 g/mol. The van der Waals surface area contributed by atoms with Crippen molar-refractivity contribution in [2.45, 2.75) is 45.1 Å². The summed E-state index contributed by atoms with van der Waals surface area (Å²) in [7, 11) is -2.10. The normalized spacial score (nSPS) is 19.2. The maximum Gasteiger partial charge on any atom is 0.332 e. The maximum absolute atomic E-state index is 11.1.